The molecule has 0 amide bonds. The molecule has 0 saturated carbocycles. The second-order valence-electron chi connectivity index (χ2n) is 4.27. The van der Waals surface area contributed by atoms with E-state index in [-0.39, 0.29) is 13.2 Å². The van der Waals surface area contributed by atoms with Crippen molar-refractivity contribution in [1.82, 2.24) is 0 Å². The fourth-order valence-corrected chi connectivity index (χ4v) is 1.65. The average Bonchev–Trinajstić information content (AvgIpc) is 2.49. The number of aryl methyl sites for hydroxylation is 2. The first-order valence-corrected chi connectivity index (χ1v) is 6.66. The summed E-state index contributed by atoms with van der Waals surface area (Å²) in [6, 6.07) is 21.2. The Morgan fingerprint density at radius 2 is 0.947 bits per heavy atom. The first-order chi connectivity index (χ1) is 9.36. The van der Waals surface area contributed by atoms with Crippen LogP contribution in [0.15, 0.2) is 60.7 Å². The summed E-state index contributed by atoms with van der Waals surface area (Å²) >= 11 is 0. The topological polar surface area (TPSA) is 40.5 Å². The molecular weight excluding hydrogens is 236 g/mol. The van der Waals surface area contributed by atoms with Crippen LogP contribution in [0.5, 0.6) is 0 Å². The molecule has 0 spiro atoms. The largest absolute Gasteiger partial charge is 0.396 e. The smallest absolute Gasteiger partial charge is 0.0452 e. The minimum Gasteiger partial charge on any atom is -0.396 e. The maximum absolute atomic E-state index is 7.91. The molecule has 2 nitrogen and oxygen atoms in total. The van der Waals surface area contributed by atoms with Gasteiger partial charge in [0.25, 0.3) is 0 Å². The molecule has 2 heteroatoms. The Bertz CT molecular complexity index is 370. The summed E-state index contributed by atoms with van der Waals surface area (Å²) in [4.78, 5) is 0. The van der Waals surface area contributed by atoms with Gasteiger partial charge in [0.2, 0.25) is 0 Å². The molecule has 102 valence electrons. The average molecular weight is 258 g/mol. The number of hydrogen-bond acceptors (Lipinski definition) is 2. The third kappa shape index (κ3) is 7.39. The van der Waals surface area contributed by atoms with Gasteiger partial charge in [-0.3, -0.25) is 0 Å². The van der Waals surface area contributed by atoms with E-state index >= 15 is 0 Å². The number of benzene rings is 2. The first kappa shape index (κ1) is 15.4. The molecular formula is C17H22O2. The van der Waals surface area contributed by atoms with Crippen LogP contribution in [0.1, 0.15) is 17.5 Å². The van der Waals surface area contributed by atoms with Crippen LogP contribution in [-0.2, 0) is 12.8 Å². The van der Waals surface area contributed by atoms with Crippen LogP contribution < -0.4 is 0 Å². The Labute approximate surface area is 115 Å². The monoisotopic (exact) mass is 258 g/mol. The van der Waals surface area contributed by atoms with Gasteiger partial charge in [0, 0.05) is 13.2 Å². The zero-order valence-electron chi connectivity index (χ0n) is 11.2. The van der Waals surface area contributed by atoms with Crippen molar-refractivity contribution in [1.29, 1.82) is 0 Å². The van der Waals surface area contributed by atoms with Crippen molar-refractivity contribution in [3.63, 3.8) is 0 Å². The molecule has 0 aliphatic heterocycles. The minimum absolute atomic E-state index is 0.0938. The van der Waals surface area contributed by atoms with Crippen LogP contribution in [0.4, 0.5) is 0 Å². The van der Waals surface area contributed by atoms with Crippen LogP contribution in [0.2, 0.25) is 0 Å². The Balaban J connectivity index is 0.000000312. The molecule has 0 atom stereocenters. The summed E-state index contributed by atoms with van der Waals surface area (Å²) in [6.07, 6.45) is 2.76. The quantitative estimate of drug-likeness (QED) is 0.865. The van der Waals surface area contributed by atoms with Gasteiger partial charge >= 0.3 is 0 Å². The molecule has 2 rings (SSSR count). The van der Waals surface area contributed by atoms with Crippen molar-refractivity contribution in [3.8, 4) is 0 Å². The third-order valence-corrected chi connectivity index (χ3v) is 2.70. The molecule has 0 saturated heterocycles. The van der Waals surface area contributed by atoms with Crippen molar-refractivity contribution in [3.05, 3.63) is 71.8 Å². The second-order valence-corrected chi connectivity index (χ2v) is 4.27. The van der Waals surface area contributed by atoms with E-state index in [2.05, 4.69) is 60.7 Å². The highest BCUT2D eigenvalue weighted by atomic mass is 16.3. The fourth-order valence-electron chi connectivity index (χ4n) is 1.65. The van der Waals surface area contributed by atoms with Gasteiger partial charge in [-0.2, -0.15) is 0 Å². The van der Waals surface area contributed by atoms with Crippen molar-refractivity contribution in [2.24, 2.45) is 0 Å². The summed E-state index contributed by atoms with van der Waals surface area (Å²) in [7, 11) is 0. The molecule has 0 aliphatic carbocycles. The van der Waals surface area contributed by atoms with Crippen molar-refractivity contribution >= 4 is 0 Å². The molecule has 0 heterocycles. The standard InChI is InChI=1S/C14H14.C3H8O2/c1-3-7-13(8-4-1)11-12-14-9-5-2-6-10-14;4-2-1-3-5/h1-10H,11-12H2;4-5H,1-3H2. The number of aliphatic hydroxyl groups excluding tert-OH is 2. The molecule has 0 aromatic heterocycles. The highest BCUT2D eigenvalue weighted by Crippen LogP contribution is 2.06. The highest BCUT2D eigenvalue weighted by molar-refractivity contribution is 5.19. The maximum Gasteiger partial charge on any atom is 0.0452 e. The lowest BCUT2D eigenvalue weighted by molar-refractivity contribution is 0.221. The predicted octanol–water partition coefficient (Wildman–Crippen LogP) is 2.83. The Kier molecular flexibility index (Phi) is 8.36. The van der Waals surface area contributed by atoms with E-state index < -0.39 is 0 Å². The maximum atomic E-state index is 7.91. The second kappa shape index (κ2) is 10.3. The molecule has 19 heavy (non-hydrogen) atoms. The zero-order chi connectivity index (χ0) is 13.8. The normalized spacial score (nSPS) is 9.58. The molecule has 0 aliphatic rings. The molecule has 2 aromatic rings. The summed E-state index contributed by atoms with van der Waals surface area (Å²) in [5.74, 6) is 0. The van der Waals surface area contributed by atoms with E-state index in [4.69, 9.17) is 10.2 Å². The van der Waals surface area contributed by atoms with Gasteiger partial charge in [-0.1, -0.05) is 60.7 Å². The van der Waals surface area contributed by atoms with Crippen LogP contribution in [0, 0.1) is 0 Å². The SMILES string of the molecule is OCCCO.c1ccc(CCc2ccccc2)cc1. The lowest BCUT2D eigenvalue weighted by atomic mass is 10.0. The van der Waals surface area contributed by atoms with Crippen LogP contribution >= 0.6 is 0 Å². The lowest BCUT2D eigenvalue weighted by Crippen LogP contribution is -1.89. The van der Waals surface area contributed by atoms with Crippen LogP contribution in [-0.4, -0.2) is 23.4 Å². The van der Waals surface area contributed by atoms with Crippen LogP contribution in [0.25, 0.3) is 0 Å². The van der Waals surface area contributed by atoms with E-state index in [9.17, 15) is 0 Å². The van der Waals surface area contributed by atoms with Crippen molar-refractivity contribution < 1.29 is 10.2 Å². The highest BCUT2D eigenvalue weighted by Gasteiger charge is 1.93. The van der Waals surface area contributed by atoms with E-state index in [1.807, 2.05) is 0 Å². The van der Waals surface area contributed by atoms with Gasteiger partial charge in [-0.15, -0.1) is 0 Å². The predicted molar refractivity (Wildman–Crippen MR) is 79.1 cm³/mol. The van der Waals surface area contributed by atoms with Gasteiger partial charge in [0.05, 0.1) is 0 Å². The number of rotatable bonds is 5. The van der Waals surface area contributed by atoms with E-state index in [1.165, 1.54) is 11.1 Å². The molecule has 0 fully saturated rings. The Morgan fingerprint density at radius 3 is 1.21 bits per heavy atom. The fraction of sp³-hybridized carbons (Fsp3) is 0.294. The van der Waals surface area contributed by atoms with E-state index in [1.54, 1.807) is 0 Å². The summed E-state index contributed by atoms with van der Waals surface area (Å²) < 4.78 is 0. The summed E-state index contributed by atoms with van der Waals surface area (Å²) in [5.41, 5.74) is 2.83. The Hall–Kier alpha value is -1.64. The molecule has 2 aromatic carbocycles. The number of aliphatic hydroxyl groups is 2. The molecule has 2 N–H and O–H groups in total. The first-order valence-electron chi connectivity index (χ1n) is 6.66. The van der Waals surface area contributed by atoms with Gasteiger partial charge in [0.15, 0.2) is 0 Å². The van der Waals surface area contributed by atoms with Crippen molar-refractivity contribution in [2.45, 2.75) is 19.3 Å². The van der Waals surface area contributed by atoms with Gasteiger partial charge in [-0.05, 0) is 30.4 Å². The van der Waals surface area contributed by atoms with E-state index in [0.717, 1.165) is 12.8 Å². The van der Waals surface area contributed by atoms with Gasteiger partial charge in [-0.25, -0.2) is 0 Å². The summed E-state index contributed by atoms with van der Waals surface area (Å²) in [6.45, 7) is 0.188. The van der Waals surface area contributed by atoms with Gasteiger partial charge < -0.3 is 10.2 Å². The zero-order valence-corrected chi connectivity index (χ0v) is 11.2. The molecule has 0 unspecified atom stereocenters. The number of hydrogen-bond donors (Lipinski definition) is 2. The minimum atomic E-state index is 0.0938. The molecule has 0 radical (unpaired) electrons. The van der Waals surface area contributed by atoms with E-state index in [0.29, 0.717) is 6.42 Å². The molecule has 0 bridgehead atoms. The van der Waals surface area contributed by atoms with Gasteiger partial charge in [0.1, 0.15) is 0 Å². The third-order valence-electron chi connectivity index (χ3n) is 2.70. The van der Waals surface area contributed by atoms with Crippen molar-refractivity contribution in [2.75, 3.05) is 13.2 Å². The Morgan fingerprint density at radius 1 is 0.579 bits per heavy atom. The lowest BCUT2D eigenvalue weighted by Gasteiger charge is -2.01. The van der Waals surface area contributed by atoms with Crippen LogP contribution in [0.3, 0.4) is 0 Å². The summed E-state index contributed by atoms with van der Waals surface area (Å²) in [5, 5.41) is 15.8.